The number of fused-ring (bicyclic) bond motifs is 1. The second kappa shape index (κ2) is 8.31. The van der Waals surface area contributed by atoms with Crippen molar-refractivity contribution in [3.05, 3.63) is 63.1 Å². The van der Waals surface area contributed by atoms with Gasteiger partial charge >= 0.3 is 0 Å². The third-order valence-corrected chi connectivity index (χ3v) is 6.13. The molecule has 0 bridgehead atoms. The van der Waals surface area contributed by atoms with Gasteiger partial charge in [-0.15, -0.1) is 0 Å². The van der Waals surface area contributed by atoms with Crippen LogP contribution in [0.2, 0.25) is 0 Å². The highest BCUT2D eigenvalue weighted by atomic mass is 79.9. The minimum absolute atomic E-state index is 0.126. The molecule has 1 amide bonds. The molecule has 3 rings (SSSR count). The second-order valence-corrected chi connectivity index (χ2v) is 9.77. The monoisotopic (exact) mass is 455 g/mol. The Morgan fingerprint density at radius 2 is 2.03 bits per heavy atom. The standard InChI is InChI=1S/C24H30BrN3O/c1-15(2)28-22-10-16(3)19(12-21(22)17(4)13-24(28,5)6)14-26-27-23(29)18-8-7-9-20(25)11-18/h7-12,14-15,17H,13H2,1-6H3,(H,27,29)/b26-14-/t17-/m0/s1. The van der Waals surface area contributed by atoms with E-state index >= 15 is 0 Å². The summed E-state index contributed by atoms with van der Waals surface area (Å²) < 4.78 is 0.867. The first-order chi connectivity index (χ1) is 13.6. The van der Waals surface area contributed by atoms with Crippen LogP contribution in [0.1, 0.15) is 74.0 Å². The first kappa shape index (κ1) is 21.6. The molecule has 0 aromatic heterocycles. The predicted octanol–water partition coefficient (Wildman–Crippen LogP) is 6.02. The molecule has 0 saturated carbocycles. The number of anilines is 1. The number of nitrogens with zero attached hydrogens (tertiary/aromatic N) is 2. The van der Waals surface area contributed by atoms with Crippen LogP contribution in [-0.4, -0.2) is 23.7 Å². The molecule has 154 valence electrons. The number of carbonyl (C=O) groups excluding carboxylic acids is 1. The van der Waals surface area contributed by atoms with Crippen molar-refractivity contribution in [3.8, 4) is 0 Å². The average molecular weight is 456 g/mol. The van der Waals surface area contributed by atoms with E-state index in [2.05, 4.69) is 85.0 Å². The van der Waals surface area contributed by atoms with E-state index in [9.17, 15) is 4.79 Å². The van der Waals surface area contributed by atoms with E-state index in [0.29, 0.717) is 17.5 Å². The van der Waals surface area contributed by atoms with E-state index in [1.165, 1.54) is 11.3 Å². The molecule has 1 aliphatic heterocycles. The fourth-order valence-electron chi connectivity index (χ4n) is 4.59. The van der Waals surface area contributed by atoms with Gasteiger partial charge in [-0.05, 0) is 94.0 Å². The average Bonchev–Trinajstić information content (AvgIpc) is 2.61. The summed E-state index contributed by atoms with van der Waals surface area (Å²) in [4.78, 5) is 14.8. The van der Waals surface area contributed by atoms with Gasteiger partial charge in [0.25, 0.3) is 5.91 Å². The highest BCUT2D eigenvalue weighted by Crippen LogP contribution is 2.45. The van der Waals surface area contributed by atoms with Gasteiger partial charge in [0.15, 0.2) is 0 Å². The quantitative estimate of drug-likeness (QED) is 0.452. The Balaban J connectivity index is 1.86. The Bertz CT molecular complexity index is 949. The van der Waals surface area contributed by atoms with Gasteiger partial charge in [0, 0.05) is 27.3 Å². The maximum absolute atomic E-state index is 12.3. The van der Waals surface area contributed by atoms with Gasteiger partial charge in [0.2, 0.25) is 0 Å². The van der Waals surface area contributed by atoms with Gasteiger partial charge in [0.1, 0.15) is 0 Å². The van der Waals surface area contributed by atoms with Crippen molar-refractivity contribution in [3.63, 3.8) is 0 Å². The number of halogens is 1. The zero-order chi connectivity index (χ0) is 21.3. The van der Waals surface area contributed by atoms with Crippen molar-refractivity contribution in [1.29, 1.82) is 0 Å². The molecule has 29 heavy (non-hydrogen) atoms. The van der Waals surface area contributed by atoms with Crippen LogP contribution in [-0.2, 0) is 0 Å². The van der Waals surface area contributed by atoms with Crippen molar-refractivity contribution in [2.75, 3.05) is 4.90 Å². The van der Waals surface area contributed by atoms with E-state index in [-0.39, 0.29) is 11.4 Å². The lowest BCUT2D eigenvalue weighted by Gasteiger charge is -2.50. The second-order valence-electron chi connectivity index (χ2n) is 8.86. The molecule has 4 nitrogen and oxygen atoms in total. The molecule has 1 heterocycles. The van der Waals surface area contributed by atoms with Crippen LogP contribution in [0, 0.1) is 6.92 Å². The Labute approximate surface area is 182 Å². The Hall–Kier alpha value is -2.14. The minimum Gasteiger partial charge on any atom is -0.364 e. The van der Waals surface area contributed by atoms with Gasteiger partial charge < -0.3 is 4.90 Å². The normalized spacial score (nSPS) is 18.2. The van der Waals surface area contributed by atoms with Crippen molar-refractivity contribution in [2.24, 2.45) is 5.10 Å². The molecule has 1 atom stereocenters. The van der Waals surface area contributed by atoms with Crippen molar-refractivity contribution < 1.29 is 4.79 Å². The fraction of sp³-hybridized carbons (Fsp3) is 0.417. The molecule has 2 aromatic carbocycles. The SMILES string of the molecule is Cc1cc2c(cc1/C=N\NC(=O)c1cccc(Br)c1)[C@@H](C)CC(C)(C)N2C(C)C. The van der Waals surface area contributed by atoms with Crippen molar-refractivity contribution >= 4 is 33.7 Å². The summed E-state index contributed by atoms with van der Waals surface area (Å²) in [5.74, 6) is 0.248. The number of rotatable bonds is 4. The lowest BCUT2D eigenvalue weighted by molar-refractivity contribution is 0.0955. The van der Waals surface area contributed by atoms with Crippen LogP contribution < -0.4 is 10.3 Å². The summed E-state index contributed by atoms with van der Waals surface area (Å²) in [5, 5.41) is 4.21. The number of aryl methyl sites for hydroxylation is 1. The molecule has 0 spiro atoms. The predicted molar refractivity (Wildman–Crippen MR) is 125 cm³/mol. The summed E-state index contributed by atoms with van der Waals surface area (Å²) in [6.45, 7) is 13.6. The molecule has 1 aliphatic rings. The van der Waals surface area contributed by atoms with E-state index in [0.717, 1.165) is 22.0 Å². The zero-order valence-electron chi connectivity index (χ0n) is 18.1. The molecule has 1 N–H and O–H groups in total. The van der Waals surface area contributed by atoms with E-state index in [1.54, 1.807) is 18.3 Å². The molecule has 2 aromatic rings. The van der Waals surface area contributed by atoms with Crippen LogP contribution in [0.15, 0.2) is 46.0 Å². The number of nitrogens with one attached hydrogen (secondary N) is 1. The number of amides is 1. The Morgan fingerprint density at radius 1 is 1.31 bits per heavy atom. The smallest absolute Gasteiger partial charge is 0.271 e. The molecule has 0 aliphatic carbocycles. The van der Waals surface area contributed by atoms with Gasteiger partial charge in [-0.3, -0.25) is 4.79 Å². The van der Waals surface area contributed by atoms with Gasteiger partial charge in [-0.25, -0.2) is 5.43 Å². The number of carbonyl (C=O) groups is 1. The summed E-state index contributed by atoms with van der Waals surface area (Å²) in [5.41, 5.74) is 8.18. The molecular weight excluding hydrogens is 426 g/mol. The Kier molecular flexibility index (Phi) is 6.18. The molecule has 0 unspecified atom stereocenters. The lowest BCUT2D eigenvalue weighted by atomic mass is 9.78. The highest BCUT2D eigenvalue weighted by molar-refractivity contribution is 9.10. The van der Waals surface area contributed by atoms with E-state index in [4.69, 9.17) is 0 Å². The number of hydrazone groups is 1. The number of benzene rings is 2. The number of hydrogen-bond donors (Lipinski definition) is 1. The first-order valence-electron chi connectivity index (χ1n) is 10.1. The van der Waals surface area contributed by atoms with E-state index < -0.39 is 0 Å². The topological polar surface area (TPSA) is 44.7 Å². The van der Waals surface area contributed by atoms with Crippen molar-refractivity contribution in [1.82, 2.24) is 5.43 Å². The van der Waals surface area contributed by atoms with Gasteiger partial charge in [-0.2, -0.15) is 5.10 Å². The third kappa shape index (κ3) is 4.55. The summed E-state index contributed by atoms with van der Waals surface area (Å²) in [6, 6.07) is 12.2. The lowest BCUT2D eigenvalue weighted by Crippen LogP contribution is -2.51. The molecule has 0 fully saturated rings. The highest BCUT2D eigenvalue weighted by Gasteiger charge is 2.37. The van der Waals surface area contributed by atoms with E-state index in [1.807, 2.05) is 12.1 Å². The first-order valence-corrected chi connectivity index (χ1v) is 10.9. The van der Waals surface area contributed by atoms with Crippen molar-refractivity contribution in [2.45, 2.75) is 65.5 Å². The maximum Gasteiger partial charge on any atom is 0.271 e. The largest absolute Gasteiger partial charge is 0.364 e. The van der Waals surface area contributed by atoms with Crippen LogP contribution >= 0.6 is 15.9 Å². The van der Waals surface area contributed by atoms with Crippen LogP contribution in [0.25, 0.3) is 0 Å². The number of hydrogen-bond acceptors (Lipinski definition) is 3. The molecular formula is C24H30BrN3O. The molecule has 5 heteroatoms. The van der Waals surface area contributed by atoms with Crippen LogP contribution in [0.5, 0.6) is 0 Å². The van der Waals surface area contributed by atoms with Crippen LogP contribution in [0.3, 0.4) is 0 Å². The van der Waals surface area contributed by atoms with Gasteiger partial charge in [0.05, 0.1) is 6.21 Å². The molecule has 0 radical (unpaired) electrons. The minimum atomic E-state index is -0.223. The summed E-state index contributed by atoms with van der Waals surface area (Å²) in [7, 11) is 0. The summed E-state index contributed by atoms with van der Waals surface area (Å²) >= 11 is 3.39. The third-order valence-electron chi connectivity index (χ3n) is 5.64. The summed E-state index contributed by atoms with van der Waals surface area (Å²) in [6.07, 6.45) is 2.86. The van der Waals surface area contributed by atoms with Gasteiger partial charge in [-0.1, -0.05) is 28.9 Å². The molecule has 0 saturated heterocycles. The maximum atomic E-state index is 12.3. The fourth-order valence-corrected chi connectivity index (χ4v) is 4.98. The zero-order valence-corrected chi connectivity index (χ0v) is 19.7. The Morgan fingerprint density at radius 3 is 2.69 bits per heavy atom. The van der Waals surface area contributed by atoms with Crippen LogP contribution in [0.4, 0.5) is 5.69 Å².